The van der Waals surface area contributed by atoms with Crippen molar-refractivity contribution in [3.63, 3.8) is 0 Å². The van der Waals surface area contributed by atoms with Gasteiger partial charge in [-0.25, -0.2) is 9.18 Å². The Labute approximate surface area is 216 Å². The largest absolute Gasteiger partial charge is 0.466 e. The molecule has 3 aromatic rings. The summed E-state index contributed by atoms with van der Waals surface area (Å²) < 4.78 is 61.9. The van der Waals surface area contributed by atoms with Crippen molar-refractivity contribution in [3.05, 3.63) is 104 Å². The normalized spacial score (nSPS) is 12.4. The molecule has 1 atom stereocenters. The topological polar surface area (TPSA) is 82.3 Å². The number of nitrogens with zero attached hydrogens (tertiary/aromatic N) is 2. The van der Waals surface area contributed by atoms with Crippen LogP contribution in [0.15, 0.2) is 64.2 Å². The number of nitrogens with one attached hydrogen (secondary N) is 1. The number of hydrogen-bond acceptors (Lipinski definition) is 5. The van der Waals surface area contributed by atoms with Gasteiger partial charge in [-0.2, -0.15) is 13.2 Å². The third-order valence-electron chi connectivity index (χ3n) is 6.05. The summed E-state index contributed by atoms with van der Waals surface area (Å²) in [5, 5.41) is 3.23. The highest BCUT2D eigenvalue weighted by molar-refractivity contribution is 5.69. The number of hydrogen-bond donors (Lipinski definition) is 1. The summed E-state index contributed by atoms with van der Waals surface area (Å²) in [5.74, 6) is -1.44. The van der Waals surface area contributed by atoms with Gasteiger partial charge in [-0.15, -0.1) is 0 Å². The lowest BCUT2D eigenvalue weighted by molar-refractivity contribution is -0.143. The predicted molar refractivity (Wildman–Crippen MR) is 133 cm³/mol. The SMILES string of the molecule is CCOC(=O)CCCN[C@@H](Cn1c(=O)cc(C)n(Cc2c(F)cccc2C(F)(F)F)c1=O)c1ccccc1. The van der Waals surface area contributed by atoms with Crippen molar-refractivity contribution in [1.82, 2.24) is 14.5 Å². The summed E-state index contributed by atoms with van der Waals surface area (Å²) >= 11 is 0. The zero-order valence-electron chi connectivity index (χ0n) is 21.1. The molecule has 3 rings (SSSR count). The molecule has 7 nitrogen and oxygen atoms in total. The van der Waals surface area contributed by atoms with Crippen LogP contribution in [0, 0.1) is 12.7 Å². The van der Waals surface area contributed by atoms with Crippen LogP contribution in [-0.2, 0) is 28.8 Å². The number of carbonyl (C=O) groups is 1. The second kappa shape index (κ2) is 12.7. The zero-order chi connectivity index (χ0) is 27.9. The molecule has 0 fully saturated rings. The second-order valence-corrected chi connectivity index (χ2v) is 8.69. The van der Waals surface area contributed by atoms with Crippen molar-refractivity contribution in [2.75, 3.05) is 13.2 Å². The lowest BCUT2D eigenvalue weighted by Gasteiger charge is -2.22. The third kappa shape index (κ3) is 7.18. The van der Waals surface area contributed by atoms with Crippen LogP contribution >= 0.6 is 0 Å². The fourth-order valence-corrected chi connectivity index (χ4v) is 4.13. The van der Waals surface area contributed by atoms with Gasteiger partial charge < -0.3 is 10.1 Å². The number of benzene rings is 2. The average molecular weight is 536 g/mol. The van der Waals surface area contributed by atoms with Gasteiger partial charge in [0.05, 0.1) is 31.3 Å². The molecule has 0 bridgehead atoms. The molecule has 2 aromatic carbocycles. The van der Waals surface area contributed by atoms with E-state index in [0.717, 1.165) is 39.0 Å². The first kappa shape index (κ1) is 28.8. The number of halogens is 4. The fourth-order valence-electron chi connectivity index (χ4n) is 4.13. The Morgan fingerprint density at radius 1 is 1.05 bits per heavy atom. The van der Waals surface area contributed by atoms with Gasteiger partial charge in [0, 0.05) is 23.7 Å². The van der Waals surface area contributed by atoms with E-state index in [2.05, 4.69) is 5.32 Å². The van der Waals surface area contributed by atoms with Gasteiger partial charge in [0.15, 0.2) is 0 Å². The van der Waals surface area contributed by atoms with Crippen molar-refractivity contribution < 1.29 is 27.1 Å². The minimum atomic E-state index is -4.82. The van der Waals surface area contributed by atoms with Crippen molar-refractivity contribution in [2.24, 2.45) is 0 Å². The second-order valence-electron chi connectivity index (χ2n) is 8.69. The summed E-state index contributed by atoms with van der Waals surface area (Å²) in [7, 11) is 0. The zero-order valence-corrected chi connectivity index (χ0v) is 21.1. The van der Waals surface area contributed by atoms with Gasteiger partial charge >= 0.3 is 17.8 Å². The molecule has 0 unspecified atom stereocenters. The predicted octanol–water partition coefficient (Wildman–Crippen LogP) is 4.20. The molecule has 1 heterocycles. The highest BCUT2D eigenvalue weighted by Gasteiger charge is 2.34. The van der Waals surface area contributed by atoms with Crippen LogP contribution in [0.5, 0.6) is 0 Å². The number of carbonyl (C=O) groups excluding carboxylic acids is 1. The van der Waals surface area contributed by atoms with E-state index < -0.39 is 47.0 Å². The maximum absolute atomic E-state index is 14.5. The van der Waals surface area contributed by atoms with Crippen LogP contribution < -0.4 is 16.6 Å². The number of ether oxygens (including phenoxy) is 1. The number of rotatable bonds is 11. The number of aryl methyl sites for hydroxylation is 1. The van der Waals surface area contributed by atoms with Crippen molar-refractivity contribution >= 4 is 5.97 Å². The Morgan fingerprint density at radius 2 is 1.76 bits per heavy atom. The summed E-state index contributed by atoms with van der Waals surface area (Å²) in [6, 6.07) is 12.2. The number of aromatic nitrogens is 2. The van der Waals surface area contributed by atoms with Crippen LogP contribution in [0.25, 0.3) is 0 Å². The van der Waals surface area contributed by atoms with Crippen LogP contribution in [0.4, 0.5) is 17.6 Å². The summed E-state index contributed by atoms with van der Waals surface area (Å²) in [4.78, 5) is 37.8. The monoisotopic (exact) mass is 535 g/mol. The first-order valence-electron chi connectivity index (χ1n) is 12.1. The fraction of sp³-hybridized carbons (Fsp3) is 0.370. The van der Waals surface area contributed by atoms with Gasteiger partial charge in [0.1, 0.15) is 5.82 Å². The Morgan fingerprint density at radius 3 is 2.42 bits per heavy atom. The van der Waals surface area contributed by atoms with E-state index in [0.29, 0.717) is 13.0 Å². The lowest BCUT2D eigenvalue weighted by Crippen LogP contribution is -2.43. The first-order chi connectivity index (χ1) is 18.0. The van der Waals surface area contributed by atoms with Crippen LogP contribution in [0.1, 0.15) is 48.2 Å². The molecule has 0 aliphatic carbocycles. The minimum absolute atomic E-state index is 0.103. The maximum Gasteiger partial charge on any atom is 0.416 e. The molecule has 0 aliphatic heterocycles. The smallest absolute Gasteiger partial charge is 0.416 e. The quantitative estimate of drug-likeness (QED) is 0.226. The molecular formula is C27H29F4N3O4. The van der Waals surface area contributed by atoms with E-state index in [4.69, 9.17) is 4.74 Å². The highest BCUT2D eigenvalue weighted by atomic mass is 19.4. The molecule has 0 saturated carbocycles. The minimum Gasteiger partial charge on any atom is -0.466 e. The van der Waals surface area contributed by atoms with E-state index in [9.17, 15) is 31.9 Å². The summed E-state index contributed by atoms with van der Waals surface area (Å²) in [6.45, 7) is 2.93. The van der Waals surface area contributed by atoms with Crippen molar-refractivity contribution in [2.45, 2.75) is 52.0 Å². The summed E-state index contributed by atoms with van der Waals surface area (Å²) in [5.41, 5.74) is -2.51. The molecule has 0 saturated heterocycles. The molecule has 0 aliphatic rings. The molecule has 38 heavy (non-hydrogen) atoms. The Balaban J connectivity index is 1.94. The Hall–Kier alpha value is -3.73. The molecule has 1 aromatic heterocycles. The highest BCUT2D eigenvalue weighted by Crippen LogP contribution is 2.33. The Kier molecular flexibility index (Phi) is 9.62. The lowest BCUT2D eigenvalue weighted by atomic mass is 10.1. The Bertz CT molecular complexity index is 1370. The van der Waals surface area contributed by atoms with Gasteiger partial charge in [0.25, 0.3) is 5.56 Å². The molecule has 1 N–H and O–H groups in total. The van der Waals surface area contributed by atoms with E-state index in [1.807, 2.05) is 0 Å². The van der Waals surface area contributed by atoms with Gasteiger partial charge in [-0.1, -0.05) is 36.4 Å². The average Bonchev–Trinajstić information content (AvgIpc) is 2.86. The molecule has 0 amide bonds. The van der Waals surface area contributed by atoms with Crippen LogP contribution in [-0.4, -0.2) is 28.3 Å². The molecule has 11 heteroatoms. The first-order valence-corrected chi connectivity index (χ1v) is 12.1. The van der Waals surface area contributed by atoms with Gasteiger partial charge in [0.2, 0.25) is 0 Å². The number of esters is 1. The molecule has 0 radical (unpaired) electrons. The standard InChI is InChI=1S/C27H29F4N3O4/c1-3-38-25(36)13-8-14-32-23(19-9-5-4-6-10-19)17-34-24(35)15-18(2)33(26(34)37)16-20-21(27(29,30)31)11-7-12-22(20)28/h4-7,9-12,15,23,32H,3,8,13-14,16-17H2,1-2H3/t23-/m0/s1. The maximum atomic E-state index is 14.5. The van der Waals surface area contributed by atoms with Gasteiger partial charge in [-0.3, -0.25) is 18.7 Å². The molecule has 204 valence electrons. The van der Waals surface area contributed by atoms with E-state index in [-0.39, 0.29) is 31.2 Å². The van der Waals surface area contributed by atoms with Crippen LogP contribution in [0.3, 0.4) is 0 Å². The van der Waals surface area contributed by atoms with E-state index in [1.54, 1.807) is 37.3 Å². The van der Waals surface area contributed by atoms with Crippen LogP contribution in [0.2, 0.25) is 0 Å². The summed E-state index contributed by atoms with van der Waals surface area (Å²) in [6.07, 6.45) is -4.19. The van der Waals surface area contributed by atoms with E-state index >= 15 is 0 Å². The molecule has 0 spiro atoms. The van der Waals surface area contributed by atoms with E-state index in [1.165, 1.54) is 6.92 Å². The van der Waals surface area contributed by atoms with Crippen molar-refractivity contribution in [1.29, 1.82) is 0 Å². The molecular weight excluding hydrogens is 506 g/mol. The third-order valence-corrected chi connectivity index (χ3v) is 6.05. The van der Waals surface area contributed by atoms with Crippen molar-refractivity contribution in [3.8, 4) is 0 Å². The van der Waals surface area contributed by atoms with Gasteiger partial charge in [-0.05, 0) is 44.5 Å². The number of alkyl halides is 3.